The van der Waals surface area contributed by atoms with Crippen LogP contribution in [0, 0.1) is 11.8 Å². The lowest BCUT2D eigenvalue weighted by molar-refractivity contribution is 0.193. The molecule has 4 aromatic heterocycles. The molecule has 0 spiro atoms. The van der Waals surface area contributed by atoms with Crippen LogP contribution in [0.2, 0.25) is 5.15 Å². The van der Waals surface area contributed by atoms with Crippen molar-refractivity contribution >= 4 is 23.1 Å². The molecule has 0 fully saturated rings. The van der Waals surface area contributed by atoms with E-state index in [1.165, 1.54) is 17.1 Å². The average Bonchev–Trinajstić information content (AvgIpc) is 3.40. The average molecular weight is 482 g/mol. The van der Waals surface area contributed by atoms with Crippen LogP contribution in [0.3, 0.4) is 0 Å². The number of nitrogen functional groups attached to an aromatic ring is 1. The van der Waals surface area contributed by atoms with Crippen molar-refractivity contribution in [2.75, 3.05) is 24.2 Å². The Morgan fingerprint density at radius 2 is 2.06 bits per heavy atom. The topological polar surface area (TPSA) is 122 Å². The summed E-state index contributed by atoms with van der Waals surface area (Å²) in [5, 5.41) is 11.5. The van der Waals surface area contributed by atoms with E-state index in [4.69, 9.17) is 22.1 Å². The first kappa shape index (κ1) is 23.0. The maximum atomic E-state index is 14.7. The highest BCUT2D eigenvalue weighted by Gasteiger charge is 2.17. The van der Waals surface area contributed by atoms with E-state index in [-0.39, 0.29) is 18.3 Å². The van der Waals surface area contributed by atoms with Crippen LogP contribution in [0.4, 0.5) is 15.9 Å². The van der Waals surface area contributed by atoms with Gasteiger partial charge < -0.3 is 15.8 Å². The first-order valence-electron chi connectivity index (χ1n) is 10.2. The van der Waals surface area contributed by atoms with Crippen LogP contribution in [0.1, 0.15) is 11.1 Å². The minimum atomic E-state index is -1.35. The van der Waals surface area contributed by atoms with Crippen molar-refractivity contribution < 1.29 is 9.13 Å². The molecule has 34 heavy (non-hydrogen) atoms. The maximum Gasteiger partial charge on any atom is 0.222 e. The van der Waals surface area contributed by atoms with Gasteiger partial charge in [0, 0.05) is 39.2 Å². The molecule has 3 N–H and O–H groups in total. The third-order valence-corrected chi connectivity index (χ3v) is 4.84. The molecule has 10 nitrogen and oxygen atoms in total. The Labute approximate surface area is 200 Å². The number of hydrogen-bond acceptors (Lipinski definition) is 8. The molecule has 0 saturated carbocycles. The van der Waals surface area contributed by atoms with Crippen LogP contribution in [-0.2, 0) is 14.1 Å². The SMILES string of the molecule is Cn1cc(C#Cc2cnc(Cl)cc2NC[C@@H](F)COc2c(-c3nccc(N)n3)cnn2C)cn1. The minimum absolute atomic E-state index is 0.0378. The predicted octanol–water partition coefficient (Wildman–Crippen LogP) is 2.47. The zero-order valence-corrected chi connectivity index (χ0v) is 19.2. The fraction of sp³-hybridized carbons (Fsp3) is 0.227. The van der Waals surface area contributed by atoms with E-state index >= 15 is 0 Å². The zero-order chi connectivity index (χ0) is 24.1. The largest absolute Gasteiger partial charge is 0.474 e. The smallest absolute Gasteiger partial charge is 0.222 e. The lowest BCUT2D eigenvalue weighted by Crippen LogP contribution is -2.23. The lowest BCUT2D eigenvalue weighted by Gasteiger charge is -2.14. The lowest BCUT2D eigenvalue weighted by atomic mass is 10.2. The standard InChI is InChI=1S/C22H21ClFN9O/c1-32-12-14(8-29-32)3-4-15-9-28-19(23)7-18(15)27-10-16(24)13-34-22-17(11-30-33(22)2)21-26-6-5-20(25)31-21/h5-9,11-12,16H,10,13H2,1-2H3,(H,27,28)(H2,25,26,31)/t16-/m1/s1. The number of nitrogens with one attached hydrogen (secondary N) is 1. The number of aryl methyl sites for hydroxylation is 2. The molecule has 0 unspecified atom stereocenters. The van der Waals surface area contributed by atoms with Crippen LogP contribution in [0.25, 0.3) is 11.4 Å². The first-order chi connectivity index (χ1) is 16.4. The van der Waals surface area contributed by atoms with Crippen molar-refractivity contribution in [2.45, 2.75) is 6.17 Å². The molecule has 4 aromatic rings. The second-order valence-corrected chi connectivity index (χ2v) is 7.67. The Balaban J connectivity index is 1.41. The molecule has 0 aliphatic heterocycles. The predicted molar refractivity (Wildman–Crippen MR) is 126 cm³/mol. The molecule has 0 saturated heterocycles. The number of ether oxygens (including phenoxy) is 1. The van der Waals surface area contributed by atoms with E-state index < -0.39 is 6.17 Å². The molecule has 0 bridgehead atoms. The van der Waals surface area contributed by atoms with Gasteiger partial charge in [-0.15, -0.1) is 0 Å². The van der Waals surface area contributed by atoms with Crippen LogP contribution in [0.15, 0.2) is 43.1 Å². The highest BCUT2D eigenvalue weighted by Crippen LogP contribution is 2.27. The van der Waals surface area contributed by atoms with Crippen molar-refractivity contribution in [3.8, 4) is 29.1 Å². The summed E-state index contributed by atoms with van der Waals surface area (Å²) in [5.74, 6) is 7.00. The second-order valence-electron chi connectivity index (χ2n) is 7.29. The third kappa shape index (κ3) is 5.60. The van der Waals surface area contributed by atoms with Gasteiger partial charge in [-0.2, -0.15) is 10.2 Å². The van der Waals surface area contributed by atoms with Gasteiger partial charge in [-0.25, -0.2) is 24.0 Å². The molecule has 0 aliphatic rings. The molecular weight excluding hydrogens is 461 g/mol. The Bertz CT molecular complexity index is 1360. The molecule has 4 rings (SSSR count). The molecular formula is C22H21ClFN9O. The van der Waals surface area contributed by atoms with E-state index in [1.54, 1.807) is 42.5 Å². The van der Waals surface area contributed by atoms with Gasteiger partial charge in [0.25, 0.3) is 0 Å². The van der Waals surface area contributed by atoms with Gasteiger partial charge in [-0.3, -0.25) is 4.68 Å². The van der Waals surface area contributed by atoms with Crippen molar-refractivity contribution in [2.24, 2.45) is 14.1 Å². The number of pyridine rings is 1. The van der Waals surface area contributed by atoms with Crippen LogP contribution in [-0.4, -0.2) is 53.8 Å². The van der Waals surface area contributed by atoms with Gasteiger partial charge in [0.1, 0.15) is 23.1 Å². The number of anilines is 2. The normalized spacial score (nSPS) is 11.5. The fourth-order valence-electron chi connectivity index (χ4n) is 3.00. The summed E-state index contributed by atoms with van der Waals surface area (Å²) in [4.78, 5) is 12.4. The van der Waals surface area contributed by atoms with Crippen molar-refractivity contribution in [3.05, 3.63) is 59.4 Å². The molecule has 0 radical (unpaired) electrons. The van der Waals surface area contributed by atoms with Crippen LogP contribution in [0.5, 0.6) is 5.88 Å². The number of nitrogens with zero attached hydrogens (tertiary/aromatic N) is 7. The molecule has 174 valence electrons. The monoisotopic (exact) mass is 481 g/mol. The number of nitrogens with two attached hydrogens (primary N) is 1. The van der Waals surface area contributed by atoms with Gasteiger partial charge in [0.2, 0.25) is 5.88 Å². The fourth-order valence-corrected chi connectivity index (χ4v) is 3.16. The van der Waals surface area contributed by atoms with E-state index in [2.05, 4.69) is 42.3 Å². The summed E-state index contributed by atoms with van der Waals surface area (Å²) >= 11 is 6.02. The molecule has 12 heteroatoms. The summed E-state index contributed by atoms with van der Waals surface area (Å²) in [5.41, 5.74) is 8.14. The van der Waals surface area contributed by atoms with Crippen LogP contribution < -0.4 is 15.8 Å². The number of rotatable bonds is 7. The number of alkyl halides is 1. The number of hydrogen-bond donors (Lipinski definition) is 2. The second kappa shape index (κ2) is 10.2. The Kier molecular flexibility index (Phi) is 6.89. The quantitative estimate of drug-likeness (QED) is 0.305. The van der Waals surface area contributed by atoms with Crippen molar-refractivity contribution in [1.29, 1.82) is 0 Å². The number of halogens is 2. The molecule has 0 aromatic carbocycles. The highest BCUT2D eigenvalue weighted by atomic mass is 35.5. The molecule has 4 heterocycles. The summed E-state index contributed by atoms with van der Waals surface area (Å²) in [6.45, 7) is -0.263. The van der Waals surface area contributed by atoms with E-state index in [1.807, 2.05) is 7.05 Å². The van der Waals surface area contributed by atoms with Gasteiger partial charge in [0.05, 0.1) is 29.2 Å². The summed E-state index contributed by atoms with van der Waals surface area (Å²) in [6.07, 6.45) is 6.70. The van der Waals surface area contributed by atoms with Crippen LogP contribution >= 0.6 is 11.6 Å². The number of aromatic nitrogens is 7. The Morgan fingerprint density at radius 3 is 2.82 bits per heavy atom. The van der Waals surface area contributed by atoms with Gasteiger partial charge >= 0.3 is 0 Å². The first-order valence-corrected chi connectivity index (χ1v) is 10.5. The van der Waals surface area contributed by atoms with Gasteiger partial charge in [-0.05, 0) is 12.1 Å². The summed E-state index contributed by atoms with van der Waals surface area (Å²) in [6, 6.07) is 3.17. The molecule has 0 amide bonds. The zero-order valence-electron chi connectivity index (χ0n) is 18.4. The third-order valence-electron chi connectivity index (χ3n) is 4.63. The minimum Gasteiger partial charge on any atom is -0.474 e. The van der Waals surface area contributed by atoms with E-state index in [9.17, 15) is 4.39 Å². The Morgan fingerprint density at radius 1 is 1.21 bits per heavy atom. The van der Waals surface area contributed by atoms with Crippen molar-refractivity contribution in [3.63, 3.8) is 0 Å². The van der Waals surface area contributed by atoms with Gasteiger partial charge in [0.15, 0.2) is 12.0 Å². The van der Waals surface area contributed by atoms with E-state index in [0.29, 0.717) is 34.3 Å². The summed E-state index contributed by atoms with van der Waals surface area (Å²) < 4.78 is 23.6. The highest BCUT2D eigenvalue weighted by molar-refractivity contribution is 6.29. The molecule has 0 aliphatic carbocycles. The van der Waals surface area contributed by atoms with E-state index in [0.717, 1.165) is 5.56 Å². The Hall–Kier alpha value is -4.17. The molecule has 1 atom stereocenters. The summed E-state index contributed by atoms with van der Waals surface area (Å²) in [7, 11) is 3.49. The maximum absolute atomic E-state index is 14.7. The van der Waals surface area contributed by atoms with Gasteiger partial charge in [-0.1, -0.05) is 23.4 Å². The van der Waals surface area contributed by atoms with Crippen molar-refractivity contribution in [1.82, 2.24) is 34.5 Å².